The Balaban J connectivity index is 1.76. The average Bonchev–Trinajstić information content (AvgIpc) is 2.74. The summed E-state index contributed by atoms with van der Waals surface area (Å²) in [5.41, 5.74) is 1.58. The lowest BCUT2D eigenvalue weighted by atomic mass is 10.0. The number of carbonyl (C=O) groups excluding carboxylic acids is 2. The van der Waals surface area contributed by atoms with E-state index >= 15 is 0 Å². The number of hydrogen-bond acceptors (Lipinski definition) is 3. The van der Waals surface area contributed by atoms with Gasteiger partial charge in [0.2, 0.25) is 5.91 Å². The summed E-state index contributed by atoms with van der Waals surface area (Å²) in [6.45, 7) is 0. The first-order chi connectivity index (χ1) is 14.4. The second kappa shape index (κ2) is 10.2. The zero-order chi connectivity index (χ0) is 21.5. The monoisotopic (exact) mass is 444 g/mol. The van der Waals surface area contributed by atoms with Crippen molar-refractivity contribution >= 4 is 38.6 Å². The number of carbonyl (C=O) groups is 2. The van der Waals surface area contributed by atoms with Gasteiger partial charge in [-0.3, -0.25) is 9.59 Å². The standard InChI is InChI=1S/C22H18ClFN2O3S/c23-30(29)19-12-10-18(11-13-19)25-22(28)20(14-15-4-2-1-3-5-15)26-21(27)16-6-8-17(24)9-7-16/h1-13,20H,14H2,(H,25,28)(H,26,27). The minimum Gasteiger partial charge on any atom is -0.594 e. The van der Waals surface area contributed by atoms with Gasteiger partial charge in [0.25, 0.3) is 5.91 Å². The van der Waals surface area contributed by atoms with Crippen LogP contribution in [0.15, 0.2) is 83.8 Å². The predicted octanol–water partition coefficient (Wildman–Crippen LogP) is 4.07. The van der Waals surface area contributed by atoms with Gasteiger partial charge < -0.3 is 15.2 Å². The third-order valence-electron chi connectivity index (χ3n) is 4.32. The Morgan fingerprint density at radius 2 is 1.60 bits per heavy atom. The normalized spacial score (nSPS) is 12.6. The Labute approximate surface area is 180 Å². The molecule has 0 spiro atoms. The first-order valence-corrected chi connectivity index (χ1v) is 11.0. The van der Waals surface area contributed by atoms with Gasteiger partial charge >= 0.3 is 0 Å². The minimum atomic E-state index is -1.64. The maximum absolute atomic E-state index is 13.1. The van der Waals surface area contributed by atoms with E-state index < -0.39 is 34.1 Å². The van der Waals surface area contributed by atoms with Crippen LogP contribution in [0.25, 0.3) is 0 Å². The van der Waals surface area contributed by atoms with Gasteiger partial charge in [0.05, 0.1) is 0 Å². The topological polar surface area (TPSA) is 81.3 Å². The van der Waals surface area contributed by atoms with Crippen LogP contribution >= 0.6 is 10.7 Å². The van der Waals surface area contributed by atoms with Crippen molar-refractivity contribution in [2.75, 3.05) is 5.32 Å². The average molecular weight is 445 g/mol. The van der Waals surface area contributed by atoms with Gasteiger partial charge in [-0.15, -0.1) is 0 Å². The van der Waals surface area contributed by atoms with Gasteiger partial charge in [-0.1, -0.05) is 30.3 Å². The van der Waals surface area contributed by atoms with Crippen LogP contribution in [-0.2, 0) is 21.6 Å². The van der Waals surface area contributed by atoms with Crippen molar-refractivity contribution < 1.29 is 18.5 Å². The van der Waals surface area contributed by atoms with Crippen molar-refractivity contribution in [3.8, 4) is 0 Å². The summed E-state index contributed by atoms with van der Waals surface area (Å²) < 4.78 is 24.4. The van der Waals surface area contributed by atoms with Gasteiger partial charge in [0, 0.05) is 17.7 Å². The molecule has 0 radical (unpaired) electrons. The molecule has 0 saturated heterocycles. The van der Waals surface area contributed by atoms with E-state index in [9.17, 15) is 18.5 Å². The highest BCUT2D eigenvalue weighted by Gasteiger charge is 2.22. The molecule has 154 valence electrons. The lowest BCUT2D eigenvalue weighted by molar-refractivity contribution is -0.118. The molecule has 0 aliphatic carbocycles. The SMILES string of the molecule is O=C(NC(Cc1ccccc1)C(=O)Nc1ccc([S+]([O-])Cl)cc1)c1ccc(F)cc1. The molecule has 0 saturated carbocycles. The molecule has 2 N–H and O–H groups in total. The molecule has 5 nitrogen and oxygen atoms in total. The Kier molecular flexibility index (Phi) is 7.46. The van der Waals surface area contributed by atoms with Crippen molar-refractivity contribution in [2.24, 2.45) is 0 Å². The fourth-order valence-electron chi connectivity index (χ4n) is 2.78. The van der Waals surface area contributed by atoms with E-state index in [1.54, 1.807) is 24.3 Å². The second-order valence-corrected chi connectivity index (χ2v) is 8.22. The number of anilines is 1. The highest BCUT2D eigenvalue weighted by atomic mass is 35.7. The number of hydrogen-bond donors (Lipinski definition) is 2. The van der Waals surface area contributed by atoms with E-state index in [0.29, 0.717) is 10.6 Å². The molecule has 0 aromatic heterocycles. The van der Waals surface area contributed by atoms with E-state index in [1.807, 2.05) is 30.3 Å². The number of halogens is 2. The molecule has 2 amide bonds. The van der Waals surface area contributed by atoms with Gasteiger partial charge in [0.1, 0.15) is 22.2 Å². The number of amides is 2. The number of rotatable bonds is 7. The zero-order valence-corrected chi connectivity index (χ0v) is 17.3. The minimum absolute atomic E-state index is 0.246. The van der Waals surface area contributed by atoms with Crippen molar-refractivity contribution in [2.45, 2.75) is 17.4 Å². The van der Waals surface area contributed by atoms with Gasteiger partial charge in [-0.05, 0) is 54.1 Å². The predicted molar refractivity (Wildman–Crippen MR) is 115 cm³/mol. The molecule has 0 aliphatic rings. The van der Waals surface area contributed by atoms with Crippen LogP contribution in [0.5, 0.6) is 0 Å². The van der Waals surface area contributed by atoms with Crippen molar-refractivity contribution in [1.82, 2.24) is 5.32 Å². The Bertz CT molecular complexity index is 999. The fourth-order valence-corrected chi connectivity index (χ4v) is 3.44. The zero-order valence-electron chi connectivity index (χ0n) is 15.7. The van der Waals surface area contributed by atoms with Crippen LogP contribution < -0.4 is 10.6 Å². The molecule has 0 fully saturated rings. The molecule has 8 heteroatoms. The summed E-state index contributed by atoms with van der Waals surface area (Å²) in [5.74, 6) is -1.36. The van der Waals surface area contributed by atoms with Gasteiger partial charge in [-0.25, -0.2) is 4.39 Å². The molecule has 3 aromatic rings. The van der Waals surface area contributed by atoms with Crippen LogP contribution in [-0.4, -0.2) is 22.4 Å². The Hall–Kier alpha value is -2.87. The molecule has 2 unspecified atom stereocenters. The van der Waals surface area contributed by atoms with E-state index in [1.165, 1.54) is 24.3 Å². The smallest absolute Gasteiger partial charge is 0.251 e. The van der Waals surface area contributed by atoms with Gasteiger partial charge in [0.15, 0.2) is 15.6 Å². The molecular formula is C22H18ClFN2O3S. The van der Waals surface area contributed by atoms with Crippen LogP contribution in [0.2, 0.25) is 0 Å². The first kappa shape index (κ1) is 21.8. The molecule has 30 heavy (non-hydrogen) atoms. The summed E-state index contributed by atoms with van der Waals surface area (Å²) in [6.07, 6.45) is 0.267. The summed E-state index contributed by atoms with van der Waals surface area (Å²) in [6, 6.07) is 19.7. The van der Waals surface area contributed by atoms with E-state index in [0.717, 1.165) is 5.56 Å². The molecule has 0 heterocycles. The highest BCUT2D eigenvalue weighted by molar-refractivity contribution is 8.13. The second-order valence-electron chi connectivity index (χ2n) is 6.46. The van der Waals surface area contributed by atoms with Crippen LogP contribution in [0.1, 0.15) is 15.9 Å². The molecule has 0 bridgehead atoms. The molecule has 3 aromatic carbocycles. The molecule has 3 rings (SSSR count). The van der Waals surface area contributed by atoms with Crippen molar-refractivity contribution in [3.63, 3.8) is 0 Å². The van der Waals surface area contributed by atoms with Crippen LogP contribution in [0.4, 0.5) is 10.1 Å². The fraction of sp³-hybridized carbons (Fsp3) is 0.0909. The summed E-state index contributed by atoms with van der Waals surface area (Å²) in [5, 5.41) is 5.45. The highest BCUT2D eigenvalue weighted by Crippen LogP contribution is 2.18. The van der Waals surface area contributed by atoms with Crippen molar-refractivity contribution in [1.29, 1.82) is 0 Å². The van der Waals surface area contributed by atoms with Crippen LogP contribution in [0.3, 0.4) is 0 Å². The largest absolute Gasteiger partial charge is 0.594 e. The summed E-state index contributed by atoms with van der Waals surface area (Å²) >= 11 is 0. The Morgan fingerprint density at radius 3 is 2.20 bits per heavy atom. The van der Waals surface area contributed by atoms with Crippen molar-refractivity contribution in [3.05, 3.63) is 95.8 Å². The maximum atomic E-state index is 13.1. The summed E-state index contributed by atoms with van der Waals surface area (Å²) in [7, 11) is 3.90. The number of nitrogens with one attached hydrogen (secondary N) is 2. The Morgan fingerprint density at radius 1 is 0.967 bits per heavy atom. The molecular weight excluding hydrogens is 427 g/mol. The molecule has 0 aliphatic heterocycles. The summed E-state index contributed by atoms with van der Waals surface area (Å²) in [4.78, 5) is 25.9. The lowest BCUT2D eigenvalue weighted by Gasteiger charge is -2.19. The lowest BCUT2D eigenvalue weighted by Crippen LogP contribution is -2.45. The first-order valence-electron chi connectivity index (χ1n) is 9.01. The van der Waals surface area contributed by atoms with E-state index in [-0.39, 0.29) is 12.0 Å². The van der Waals surface area contributed by atoms with Gasteiger partial charge in [-0.2, -0.15) is 0 Å². The van der Waals surface area contributed by atoms with Crippen LogP contribution in [0, 0.1) is 5.82 Å². The third-order valence-corrected chi connectivity index (χ3v) is 5.50. The van der Waals surface area contributed by atoms with E-state index in [4.69, 9.17) is 10.7 Å². The van der Waals surface area contributed by atoms with E-state index in [2.05, 4.69) is 10.6 Å². The molecule has 2 atom stereocenters. The quantitative estimate of drug-likeness (QED) is 0.539. The maximum Gasteiger partial charge on any atom is 0.251 e. The number of benzene rings is 3. The third kappa shape index (κ3) is 6.06.